The van der Waals surface area contributed by atoms with Gasteiger partial charge in [-0.2, -0.15) is 5.10 Å². The summed E-state index contributed by atoms with van der Waals surface area (Å²) in [7, 11) is -3.56. The predicted octanol–water partition coefficient (Wildman–Crippen LogP) is 1.31. The molecule has 3 rings (SSSR count). The number of halogens is 1. The summed E-state index contributed by atoms with van der Waals surface area (Å²) in [6, 6.07) is 9.25. The van der Waals surface area contributed by atoms with E-state index in [9.17, 15) is 8.42 Å². The van der Waals surface area contributed by atoms with Crippen LogP contribution in [0.15, 0.2) is 47.6 Å². The van der Waals surface area contributed by atoms with Gasteiger partial charge in [-0.15, -0.1) is 12.4 Å². The molecule has 1 fully saturated rings. The van der Waals surface area contributed by atoms with Crippen molar-refractivity contribution in [3.8, 4) is 5.69 Å². The van der Waals surface area contributed by atoms with Crippen LogP contribution in [-0.2, 0) is 10.0 Å². The minimum absolute atomic E-state index is 0. The highest BCUT2D eigenvalue weighted by Gasteiger charge is 2.29. The highest BCUT2D eigenvalue weighted by molar-refractivity contribution is 7.89. The SMILES string of the molecule is Cl.NC(CNS(=O)(=O)c1cnn(-c2ccccc2)c1)C1CC1. The Hall–Kier alpha value is -1.41. The molecule has 2 aromatic rings. The fraction of sp³-hybridized carbons (Fsp3) is 0.357. The van der Waals surface area contributed by atoms with Crippen LogP contribution in [0.3, 0.4) is 0 Å². The molecule has 0 spiro atoms. The van der Waals surface area contributed by atoms with Gasteiger partial charge in [0.2, 0.25) is 10.0 Å². The minimum Gasteiger partial charge on any atom is -0.326 e. The molecule has 22 heavy (non-hydrogen) atoms. The lowest BCUT2D eigenvalue weighted by Crippen LogP contribution is -2.38. The third-order valence-electron chi connectivity index (χ3n) is 3.63. The first-order chi connectivity index (χ1) is 10.1. The lowest BCUT2D eigenvalue weighted by molar-refractivity contribution is 0.547. The van der Waals surface area contributed by atoms with Crippen molar-refractivity contribution in [2.75, 3.05) is 6.54 Å². The van der Waals surface area contributed by atoms with Crippen LogP contribution < -0.4 is 10.5 Å². The number of nitrogens with one attached hydrogen (secondary N) is 1. The molecule has 120 valence electrons. The Morgan fingerprint density at radius 3 is 2.64 bits per heavy atom. The second-order valence-electron chi connectivity index (χ2n) is 5.31. The summed E-state index contributed by atoms with van der Waals surface area (Å²) in [6.07, 6.45) is 5.03. The van der Waals surface area contributed by atoms with E-state index in [-0.39, 0.29) is 29.9 Å². The Morgan fingerprint density at radius 2 is 2.00 bits per heavy atom. The molecule has 0 aliphatic heterocycles. The van der Waals surface area contributed by atoms with Crippen LogP contribution in [0.4, 0.5) is 0 Å². The maximum Gasteiger partial charge on any atom is 0.243 e. The number of aromatic nitrogens is 2. The Morgan fingerprint density at radius 1 is 1.32 bits per heavy atom. The van der Waals surface area contributed by atoms with Gasteiger partial charge in [-0.1, -0.05) is 18.2 Å². The van der Waals surface area contributed by atoms with Gasteiger partial charge < -0.3 is 5.73 Å². The summed E-state index contributed by atoms with van der Waals surface area (Å²) < 4.78 is 28.5. The Kier molecular flexibility index (Phi) is 5.23. The molecule has 1 saturated carbocycles. The van der Waals surface area contributed by atoms with Gasteiger partial charge in [0.05, 0.1) is 18.1 Å². The van der Waals surface area contributed by atoms with Crippen molar-refractivity contribution in [1.82, 2.24) is 14.5 Å². The van der Waals surface area contributed by atoms with Crippen molar-refractivity contribution in [3.05, 3.63) is 42.7 Å². The van der Waals surface area contributed by atoms with Crippen molar-refractivity contribution in [3.63, 3.8) is 0 Å². The van der Waals surface area contributed by atoms with Crippen LogP contribution in [-0.4, -0.2) is 30.8 Å². The zero-order valence-electron chi connectivity index (χ0n) is 11.9. The number of hydrogen-bond acceptors (Lipinski definition) is 4. The molecule has 6 nitrogen and oxygen atoms in total. The van der Waals surface area contributed by atoms with Crippen molar-refractivity contribution < 1.29 is 8.42 Å². The summed E-state index contributed by atoms with van der Waals surface area (Å²) in [6.45, 7) is 0.267. The molecule has 0 amide bonds. The molecular formula is C14H19ClN4O2S. The average Bonchev–Trinajstić information content (AvgIpc) is 3.22. The van der Waals surface area contributed by atoms with E-state index in [1.54, 1.807) is 0 Å². The molecule has 1 aromatic carbocycles. The van der Waals surface area contributed by atoms with Gasteiger partial charge in [0.25, 0.3) is 0 Å². The first-order valence-electron chi connectivity index (χ1n) is 6.91. The third-order valence-corrected chi connectivity index (χ3v) is 5.00. The molecule has 1 aromatic heterocycles. The van der Waals surface area contributed by atoms with Crippen LogP contribution in [0.25, 0.3) is 5.69 Å². The third kappa shape index (κ3) is 3.86. The predicted molar refractivity (Wildman–Crippen MR) is 86.7 cm³/mol. The van der Waals surface area contributed by atoms with E-state index >= 15 is 0 Å². The van der Waals surface area contributed by atoms with Gasteiger partial charge in [-0.25, -0.2) is 17.8 Å². The molecule has 0 saturated heterocycles. The van der Waals surface area contributed by atoms with Crippen molar-refractivity contribution in [2.45, 2.75) is 23.8 Å². The Labute approximate surface area is 136 Å². The van der Waals surface area contributed by atoms with Crippen molar-refractivity contribution in [1.29, 1.82) is 0 Å². The minimum atomic E-state index is -3.56. The Bertz CT molecular complexity index is 713. The van der Waals surface area contributed by atoms with Gasteiger partial charge in [-0.05, 0) is 30.9 Å². The fourth-order valence-electron chi connectivity index (χ4n) is 2.15. The van der Waals surface area contributed by atoms with Gasteiger partial charge in [0.15, 0.2) is 0 Å². The molecule has 1 heterocycles. The summed E-state index contributed by atoms with van der Waals surface area (Å²) in [5, 5.41) is 4.09. The zero-order valence-corrected chi connectivity index (χ0v) is 13.6. The maximum atomic E-state index is 12.2. The van der Waals surface area contributed by atoms with E-state index in [2.05, 4.69) is 9.82 Å². The fourth-order valence-corrected chi connectivity index (χ4v) is 3.15. The largest absolute Gasteiger partial charge is 0.326 e. The second-order valence-corrected chi connectivity index (χ2v) is 7.08. The first-order valence-corrected chi connectivity index (χ1v) is 8.40. The zero-order chi connectivity index (χ0) is 14.9. The van der Waals surface area contributed by atoms with Gasteiger partial charge >= 0.3 is 0 Å². The molecule has 0 radical (unpaired) electrons. The monoisotopic (exact) mass is 342 g/mol. The van der Waals surface area contributed by atoms with E-state index in [1.165, 1.54) is 17.1 Å². The number of hydrogen-bond donors (Lipinski definition) is 2. The Balaban J connectivity index is 0.00000176. The molecule has 1 unspecified atom stereocenters. The van der Waals surface area contributed by atoms with E-state index < -0.39 is 10.0 Å². The van der Waals surface area contributed by atoms with Gasteiger partial charge in [0, 0.05) is 12.6 Å². The van der Waals surface area contributed by atoms with Crippen molar-refractivity contribution >= 4 is 22.4 Å². The number of para-hydroxylation sites is 1. The summed E-state index contributed by atoms with van der Waals surface area (Å²) in [5.74, 6) is 0.458. The first kappa shape index (κ1) is 17.0. The van der Waals surface area contributed by atoms with Crippen LogP contribution in [0.1, 0.15) is 12.8 Å². The topological polar surface area (TPSA) is 90.0 Å². The molecule has 1 aliphatic carbocycles. The second kappa shape index (κ2) is 6.78. The molecular weight excluding hydrogens is 324 g/mol. The van der Waals surface area contributed by atoms with E-state index in [1.807, 2.05) is 30.3 Å². The van der Waals surface area contributed by atoms with Crippen LogP contribution in [0.5, 0.6) is 0 Å². The molecule has 8 heteroatoms. The van der Waals surface area contributed by atoms with E-state index in [0.717, 1.165) is 18.5 Å². The number of rotatable bonds is 6. The number of benzene rings is 1. The smallest absolute Gasteiger partial charge is 0.243 e. The van der Waals surface area contributed by atoms with Crippen LogP contribution in [0.2, 0.25) is 0 Å². The summed E-state index contributed by atoms with van der Waals surface area (Å²) in [4.78, 5) is 0.148. The molecule has 0 bridgehead atoms. The number of nitrogens with two attached hydrogens (primary N) is 1. The van der Waals surface area contributed by atoms with E-state index in [4.69, 9.17) is 5.73 Å². The lowest BCUT2D eigenvalue weighted by atomic mass is 10.2. The molecule has 1 atom stereocenters. The summed E-state index contributed by atoms with van der Waals surface area (Å²) >= 11 is 0. The van der Waals surface area contributed by atoms with Crippen LogP contribution >= 0.6 is 12.4 Å². The highest BCUT2D eigenvalue weighted by atomic mass is 35.5. The molecule has 1 aliphatic rings. The standard InChI is InChI=1S/C14H18N4O2S.ClH/c15-14(11-6-7-11)9-17-21(19,20)13-8-16-18(10-13)12-4-2-1-3-5-12;/h1-5,8,10-11,14,17H,6-7,9,15H2;1H. The molecule has 3 N–H and O–H groups in total. The van der Waals surface area contributed by atoms with E-state index in [0.29, 0.717) is 5.92 Å². The quantitative estimate of drug-likeness (QED) is 0.828. The lowest BCUT2D eigenvalue weighted by Gasteiger charge is -2.10. The average molecular weight is 343 g/mol. The highest BCUT2D eigenvalue weighted by Crippen LogP contribution is 2.31. The van der Waals surface area contributed by atoms with Crippen molar-refractivity contribution in [2.24, 2.45) is 11.7 Å². The van der Waals surface area contributed by atoms with Gasteiger partial charge in [0.1, 0.15) is 4.90 Å². The van der Waals surface area contributed by atoms with Crippen LogP contribution in [0, 0.1) is 5.92 Å². The summed E-state index contributed by atoms with van der Waals surface area (Å²) in [5.41, 5.74) is 6.73. The number of sulfonamides is 1. The number of nitrogens with zero attached hydrogens (tertiary/aromatic N) is 2. The maximum absolute atomic E-state index is 12.2. The van der Waals surface area contributed by atoms with Gasteiger partial charge in [-0.3, -0.25) is 0 Å². The normalized spacial score (nSPS) is 16.0.